The van der Waals surface area contributed by atoms with Gasteiger partial charge in [-0.15, -0.1) is 0 Å². The molecule has 0 heterocycles. The molecule has 2 rings (SSSR count). The quantitative estimate of drug-likeness (QED) is 0.132. The van der Waals surface area contributed by atoms with Crippen LogP contribution in [0.1, 0.15) is 212 Å². The molecule has 2 saturated carbocycles. The standard InChI is InChI=1S/C19H36O2.C17H34/c20-19(21)17-13-8-6-4-2-1-3-5-7-10-14-18-15-11-9-12-16-18;1-2-3-4-5-6-7-8-9-11-14-17-15-12-10-13-16-17/h18H,1-17H2,(H,20,21);17H,2-16H2,1H3. The molecule has 2 fully saturated rings. The van der Waals surface area contributed by atoms with E-state index in [4.69, 9.17) is 5.11 Å². The Hall–Kier alpha value is -0.530. The SMILES string of the molecule is CCCCCCCCCCCC1CCCCC1.O=C(O)CCCCCCCCCCCCC1CCCCC1. The Bertz CT molecular complexity index is 476. The molecule has 0 aliphatic heterocycles. The molecule has 0 aromatic heterocycles. The summed E-state index contributed by atoms with van der Waals surface area (Å²) >= 11 is 0. The van der Waals surface area contributed by atoms with Crippen molar-refractivity contribution < 1.29 is 9.90 Å². The number of aliphatic carboxylic acids is 1. The molecule has 0 aromatic carbocycles. The van der Waals surface area contributed by atoms with Crippen LogP contribution >= 0.6 is 0 Å². The Balaban J connectivity index is 0.000000389. The molecule has 0 unspecified atom stereocenters. The zero-order chi connectivity index (χ0) is 27.4. The molecule has 226 valence electrons. The summed E-state index contributed by atoms with van der Waals surface area (Å²) in [4.78, 5) is 10.4. The van der Waals surface area contributed by atoms with Crippen molar-refractivity contribution in [1.29, 1.82) is 0 Å². The molecule has 0 atom stereocenters. The first-order chi connectivity index (χ1) is 18.7. The molecule has 0 bridgehead atoms. The van der Waals surface area contributed by atoms with Crippen molar-refractivity contribution in [2.45, 2.75) is 212 Å². The molecule has 38 heavy (non-hydrogen) atoms. The Morgan fingerprint density at radius 3 is 1.13 bits per heavy atom. The predicted octanol–water partition coefficient (Wildman–Crippen LogP) is 12.8. The van der Waals surface area contributed by atoms with Crippen molar-refractivity contribution in [2.24, 2.45) is 11.8 Å². The number of carboxylic acids is 1. The van der Waals surface area contributed by atoms with Gasteiger partial charge in [0, 0.05) is 6.42 Å². The minimum Gasteiger partial charge on any atom is -0.481 e. The molecule has 0 spiro atoms. The average Bonchev–Trinajstić information content (AvgIpc) is 2.94. The number of carbonyl (C=O) groups is 1. The van der Waals surface area contributed by atoms with Crippen LogP contribution in [0.4, 0.5) is 0 Å². The van der Waals surface area contributed by atoms with Crippen LogP contribution in [-0.2, 0) is 4.79 Å². The van der Waals surface area contributed by atoms with Crippen molar-refractivity contribution in [1.82, 2.24) is 0 Å². The van der Waals surface area contributed by atoms with Gasteiger partial charge in [0.05, 0.1) is 0 Å². The molecule has 0 aromatic rings. The summed E-state index contributed by atoms with van der Waals surface area (Å²) in [5.41, 5.74) is 0. The van der Waals surface area contributed by atoms with E-state index in [1.807, 2.05) is 0 Å². The monoisotopic (exact) mass is 535 g/mol. The highest BCUT2D eigenvalue weighted by Crippen LogP contribution is 2.29. The van der Waals surface area contributed by atoms with Crippen molar-refractivity contribution in [3.8, 4) is 0 Å². The Kier molecular flexibility index (Phi) is 26.2. The third-order valence-electron chi connectivity index (χ3n) is 9.42. The summed E-state index contributed by atoms with van der Waals surface area (Å²) in [6.45, 7) is 2.30. The van der Waals surface area contributed by atoms with Gasteiger partial charge in [-0.05, 0) is 18.3 Å². The second-order valence-corrected chi connectivity index (χ2v) is 13.1. The van der Waals surface area contributed by atoms with E-state index in [1.165, 1.54) is 186 Å². The molecule has 2 aliphatic rings. The fourth-order valence-electron chi connectivity index (χ4n) is 6.82. The van der Waals surface area contributed by atoms with E-state index < -0.39 is 5.97 Å². The normalized spacial score (nSPS) is 16.8. The lowest BCUT2D eigenvalue weighted by Crippen LogP contribution is -2.05. The first-order valence-corrected chi connectivity index (χ1v) is 17.9. The molecule has 2 heteroatoms. The van der Waals surface area contributed by atoms with E-state index in [1.54, 1.807) is 0 Å². The minimum absolute atomic E-state index is 0.348. The molecule has 2 nitrogen and oxygen atoms in total. The molecule has 0 amide bonds. The predicted molar refractivity (Wildman–Crippen MR) is 168 cm³/mol. The van der Waals surface area contributed by atoms with Crippen LogP contribution in [0.5, 0.6) is 0 Å². The van der Waals surface area contributed by atoms with E-state index in [9.17, 15) is 4.79 Å². The lowest BCUT2D eigenvalue weighted by Gasteiger charge is -2.21. The smallest absolute Gasteiger partial charge is 0.303 e. The van der Waals surface area contributed by atoms with E-state index in [2.05, 4.69) is 6.92 Å². The zero-order valence-corrected chi connectivity index (χ0v) is 26.1. The summed E-state index contributed by atoms with van der Waals surface area (Å²) in [6, 6.07) is 0. The molecule has 2 aliphatic carbocycles. The van der Waals surface area contributed by atoms with Crippen LogP contribution in [0.3, 0.4) is 0 Å². The van der Waals surface area contributed by atoms with Gasteiger partial charge in [-0.25, -0.2) is 0 Å². The highest BCUT2D eigenvalue weighted by Gasteiger charge is 2.13. The van der Waals surface area contributed by atoms with Gasteiger partial charge in [0.2, 0.25) is 0 Å². The Morgan fingerprint density at radius 2 is 0.789 bits per heavy atom. The molecule has 1 N–H and O–H groups in total. The first-order valence-electron chi connectivity index (χ1n) is 17.9. The molecule has 0 saturated heterocycles. The fourth-order valence-corrected chi connectivity index (χ4v) is 6.82. The van der Waals surface area contributed by atoms with E-state index in [0.29, 0.717) is 6.42 Å². The van der Waals surface area contributed by atoms with E-state index in [0.717, 1.165) is 24.7 Å². The third-order valence-corrected chi connectivity index (χ3v) is 9.42. The third kappa shape index (κ3) is 24.5. The number of hydrogen-bond acceptors (Lipinski definition) is 1. The summed E-state index contributed by atoms with van der Waals surface area (Å²) in [5.74, 6) is 1.51. The Labute approximate surface area is 239 Å². The average molecular weight is 535 g/mol. The summed E-state index contributed by atoms with van der Waals surface area (Å²) in [5, 5.41) is 8.54. The van der Waals surface area contributed by atoms with Gasteiger partial charge in [0.15, 0.2) is 0 Å². The number of carboxylic acid groups (broad SMARTS) is 1. The fraction of sp³-hybridized carbons (Fsp3) is 0.972. The first kappa shape index (κ1) is 35.5. The van der Waals surface area contributed by atoms with Crippen LogP contribution < -0.4 is 0 Å². The van der Waals surface area contributed by atoms with Gasteiger partial charge >= 0.3 is 5.97 Å². The van der Waals surface area contributed by atoms with Crippen molar-refractivity contribution in [2.75, 3.05) is 0 Å². The van der Waals surface area contributed by atoms with Crippen LogP contribution in [0.25, 0.3) is 0 Å². The number of rotatable bonds is 23. The van der Waals surface area contributed by atoms with Crippen LogP contribution in [0.15, 0.2) is 0 Å². The summed E-state index contributed by atoms with van der Waals surface area (Å²) < 4.78 is 0. The maximum Gasteiger partial charge on any atom is 0.303 e. The topological polar surface area (TPSA) is 37.3 Å². The van der Waals surface area contributed by atoms with Crippen LogP contribution in [-0.4, -0.2) is 11.1 Å². The maximum atomic E-state index is 10.4. The Morgan fingerprint density at radius 1 is 0.474 bits per heavy atom. The lowest BCUT2D eigenvalue weighted by molar-refractivity contribution is -0.137. The van der Waals surface area contributed by atoms with Gasteiger partial charge in [-0.1, -0.05) is 200 Å². The summed E-state index contributed by atoms with van der Waals surface area (Å²) in [7, 11) is 0. The number of unbranched alkanes of at least 4 members (excludes halogenated alkanes) is 17. The largest absolute Gasteiger partial charge is 0.481 e. The summed E-state index contributed by atoms with van der Waals surface area (Å²) in [6.07, 6.45) is 44.6. The second kappa shape index (κ2) is 28.0. The highest BCUT2D eigenvalue weighted by atomic mass is 16.4. The molecule has 0 radical (unpaired) electrons. The molecular weight excluding hydrogens is 464 g/mol. The van der Waals surface area contributed by atoms with Crippen LogP contribution in [0.2, 0.25) is 0 Å². The van der Waals surface area contributed by atoms with E-state index >= 15 is 0 Å². The van der Waals surface area contributed by atoms with E-state index in [-0.39, 0.29) is 0 Å². The van der Waals surface area contributed by atoms with Gasteiger partial charge in [0.1, 0.15) is 0 Å². The lowest BCUT2D eigenvalue weighted by atomic mass is 9.85. The number of hydrogen-bond donors (Lipinski definition) is 1. The van der Waals surface area contributed by atoms with Crippen LogP contribution in [0, 0.1) is 11.8 Å². The van der Waals surface area contributed by atoms with Gasteiger partial charge in [0.25, 0.3) is 0 Å². The minimum atomic E-state index is -0.650. The highest BCUT2D eigenvalue weighted by molar-refractivity contribution is 5.66. The second-order valence-electron chi connectivity index (χ2n) is 13.1. The zero-order valence-electron chi connectivity index (χ0n) is 26.1. The van der Waals surface area contributed by atoms with Crippen molar-refractivity contribution >= 4 is 5.97 Å². The maximum absolute atomic E-state index is 10.4. The van der Waals surface area contributed by atoms with Gasteiger partial charge < -0.3 is 5.11 Å². The van der Waals surface area contributed by atoms with Gasteiger partial charge in [-0.2, -0.15) is 0 Å². The molecular formula is C36H70O2. The van der Waals surface area contributed by atoms with Crippen molar-refractivity contribution in [3.63, 3.8) is 0 Å². The van der Waals surface area contributed by atoms with Gasteiger partial charge in [-0.3, -0.25) is 4.79 Å². The van der Waals surface area contributed by atoms with Crippen molar-refractivity contribution in [3.05, 3.63) is 0 Å².